The first-order valence-corrected chi connectivity index (χ1v) is 8.17. The van der Waals surface area contributed by atoms with Gasteiger partial charge in [-0.05, 0) is 55.8 Å². The van der Waals surface area contributed by atoms with Gasteiger partial charge < -0.3 is 5.32 Å². The fraction of sp³-hybridized carbons (Fsp3) is 0.300. The van der Waals surface area contributed by atoms with Crippen LogP contribution in [0.4, 0.5) is 5.69 Å². The van der Waals surface area contributed by atoms with E-state index in [0.29, 0.717) is 12.6 Å². The summed E-state index contributed by atoms with van der Waals surface area (Å²) in [5, 5.41) is 4.22. The van der Waals surface area contributed by atoms with Crippen LogP contribution in [0.25, 0.3) is 0 Å². The number of nitrogens with one attached hydrogen (secondary N) is 1. The van der Waals surface area contributed by atoms with E-state index < -0.39 is 0 Å². The summed E-state index contributed by atoms with van der Waals surface area (Å²) in [6, 6.07) is 16.9. The maximum atomic E-state index is 5.91. The highest BCUT2D eigenvalue weighted by Gasteiger charge is 2.09. The van der Waals surface area contributed by atoms with Gasteiger partial charge in [0, 0.05) is 23.3 Å². The van der Waals surface area contributed by atoms with E-state index in [2.05, 4.69) is 54.4 Å². The minimum absolute atomic E-state index is 0.414. The van der Waals surface area contributed by atoms with Crippen molar-refractivity contribution in [1.82, 2.24) is 4.90 Å². The molecule has 0 spiro atoms. The summed E-state index contributed by atoms with van der Waals surface area (Å²) in [5.74, 6) is 2.69. The van der Waals surface area contributed by atoms with Gasteiger partial charge in [0.05, 0.1) is 6.54 Å². The average Bonchev–Trinajstić information content (AvgIpc) is 2.55. The molecule has 120 valence electrons. The van der Waals surface area contributed by atoms with Crippen molar-refractivity contribution in [3.63, 3.8) is 0 Å². The summed E-state index contributed by atoms with van der Waals surface area (Å²) < 4.78 is 0. The molecule has 0 amide bonds. The lowest BCUT2D eigenvalue weighted by atomic mass is 10.1. The van der Waals surface area contributed by atoms with Crippen molar-refractivity contribution in [2.45, 2.75) is 25.9 Å². The first-order chi connectivity index (χ1) is 11.1. The molecule has 1 N–H and O–H groups in total. The molecule has 2 nitrogen and oxygen atoms in total. The Bertz CT molecular complexity index is 658. The van der Waals surface area contributed by atoms with Gasteiger partial charge in [0.25, 0.3) is 0 Å². The topological polar surface area (TPSA) is 15.3 Å². The molecule has 0 unspecified atom stereocenters. The number of halogens is 1. The molecule has 0 aliphatic heterocycles. The Hall–Kier alpha value is -1.95. The molecule has 0 saturated carbocycles. The second-order valence-electron chi connectivity index (χ2n) is 5.85. The van der Waals surface area contributed by atoms with Crippen LogP contribution in [0.1, 0.15) is 18.1 Å². The van der Waals surface area contributed by atoms with Crippen molar-refractivity contribution in [3.05, 3.63) is 64.7 Å². The van der Waals surface area contributed by atoms with Crippen LogP contribution in [0.3, 0.4) is 0 Å². The van der Waals surface area contributed by atoms with Gasteiger partial charge in [-0.25, -0.2) is 0 Å². The second-order valence-corrected chi connectivity index (χ2v) is 6.29. The van der Waals surface area contributed by atoms with Gasteiger partial charge in [-0.15, -0.1) is 6.42 Å². The molecule has 2 aromatic rings. The van der Waals surface area contributed by atoms with Gasteiger partial charge in [0.1, 0.15) is 0 Å². The Morgan fingerprint density at radius 3 is 2.61 bits per heavy atom. The Morgan fingerprint density at radius 1 is 1.17 bits per heavy atom. The molecule has 0 aliphatic rings. The highest BCUT2D eigenvalue weighted by Crippen LogP contribution is 2.16. The highest BCUT2D eigenvalue weighted by molar-refractivity contribution is 6.30. The van der Waals surface area contributed by atoms with E-state index in [1.807, 2.05) is 24.3 Å². The molecule has 0 aliphatic carbocycles. The molecule has 0 heterocycles. The molecule has 23 heavy (non-hydrogen) atoms. The molecular weight excluding hydrogens is 304 g/mol. The van der Waals surface area contributed by atoms with Gasteiger partial charge in [-0.1, -0.05) is 41.8 Å². The van der Waals surface area contributed by atoms with Gasteiger partial charge in [-0.2, -0.15) is 0 Å². The molecular formula is C20H23ClN2. The minimum atomic E-state index is 0.414. The fourth-order valence-corrected chi connectivity index (χ4v) is 2.54. The maximum Gasteiger partial charge on any atom is 0.0598 e. The van der Waals surface area contributed by atoms with E-state index in [0.717, 1.165) is 23.7 Å². The molecule has 0 fully saturated rings. The lowest BCUT2D eigenvalue weighted by Crippen LogP contribution is -2.31. The van der Waals surface area contributed by atoms with E-state index in [4.69, 9.17) is 18.0 Å². The van der Waals surface area contributed by atoms with E-state index in [-0.39, 0.29) is 0 Å². The van der Waals surface area contributed by atoms with Gasteiger partial charge in [-0.3, -0.25) is 4.90 Å². The van der Waals surface area contributed by atoms with Crippen LogP contribution >= 0.6 is 11.6 Å². The third kappa shape index (κ3) is 5.63. The van der Waals surface area contributed by atoms with Crippen molar-refractivity contribution in [3.8, 4) is 12.3 Å². The number of benzene rings is 2. The number of terminal acetylenes is 1. The Balaban J connectivity index is 1.94. The summed E-state index contributed by atoms with van der Waals surface area (Å²) in [5.41, 5.74) is 3.65. The van der Waals surface area contributed by atoms with Crippen molar-refractivity contribution < 1.29 is 0 Å². The number of nitrogens with zero attached hydrogens (tertiary/aromatic N) is 1. The molecule has 2 rings (SSSR count). The smallest absolute Gasteiger partial charge is 0.0598 e. The number of likely N-dealkylation sites (N-methyl/N-ethyl adjacent to an activating group) is 1. The van der Waals surface area contributed by atoms with E-state index >= 15 is 0 Å². The molecule has 1 atom stereocenters. The van der Waals surface area contributed by atoms with Crippen LogP contribution in [0.15, 0.2) is 48.5 Å². The van der Waals surface area contributed by atoms with Crippen LogP contribution in [0, 0.1) is 12.3 Å². The van der Waals surface area contributed by atoms with Crippen LogP contribution in [-0.2, 0) is 13.0 Å². The summed E-state index contributed by atoms with van der Waals surface area (Å²) >= 11 is 5.91. The van der Waals surface area contributed by atoms with E-state index in [1.165, 1.54) is 11.1 Å². The average molecular weight is 327 g/mol. The van der Waals surface area contributed by atoms with E-state index in [9.17, 15) is 0 Å². The molecule has 2 aromatic carbocycles. The quantitative estimate of drug-likeness (QED) is 0.756. The first kappa shape index (κ1) is 17.4. The van der Waals surface area contributed by atoms with Gasteiger partial charge in [0.15, 0.2) is 0 Å². The number of anilines is 1. The monoisotopic (exact) mass is 326 g/mol. The number of hydrogen-bond donors (Lipinski definition) is 1. The zero-order chi connectivity index (χ0) is 16.7. The normalized spacial score (nSPS) is 12.0. The zero-order valence-electron chi connectivity index (χ0n) is 13.7. The Kier molecular flexibility index (Phi) is 6.52. The lowest BCUT2D eigenvalue weighted by Gasteiger charge is -2.22. The fourth-order valence-electron chi connectivity index (χ4n) is 2.41. The van der Waals surface area contributed by atoms with Crippen molar-refractivity contribution in [1.29, 1.82) is 0 Å². The molecule has 0 radical (unpaired) electrons. The largest absolute Gasteiger partial charge is 0.381 e. The third-order valence-corrected chi connectivity index (χ3v) is 4.21. The Morgan fingerprint density at radius 2 is 1.91 bits per heavy atom. The summed E-state index contributed by atoms with van der Waals surface area (Å²) in [4.78, 5) is 2.19. The number of rotatable bonds is 7. The van der Waals surface area contributed by atoms with Crippen molar-refractivity contribution in [2.24, 2.45) is 0 Å². The lowest BCUT2D eigenvalue weighted by molar-refractivity contribution is 0.287. The third-order valence-electron chi connectivity index (χ3n) is 3.96. The summed E-state index contributed by atoms with van der Waals surface area (Å²) in [6.45, 7) is 3.66. The summed E-state index contributed by atoms with van der Waals surface area (Å²) in [6.07, 6.45) is 6.36. The van der Waals surface area contributed by atoms with Gasteiger partial charge >= 0.3 is 0 Å². The summed E-state index contributed by atoms with van der Waals surface area (Å²) in [7, 11) is 2.06. The van der Waals surface area contributed by atoms with Crippen LogP contribution in [0.5, 0.6) is 0 Å². The SMILES string of the molecule is C#CCN(C)[C@H](C)Cc1cccc(NCc2ccc(Cl)cc2)c1. The van der Waals surface area contributed by atoms with Gasteiger partial charge in [0.2, 0.25) is 0 Å². The predicted octanol–water partition coefficient (Wildman–Crippen LogP) is 4.45. The van der Waals surface area contributed by atoms with Crippen LogP contribution in [-0.4, -0.2) is 24.5 Å². The Labute approximate surface area is 144 Å². The highest BCUT2D eigenvalue weighted by atomic mass is 35.5. The minimum Gasteiger partial charge on any atom is -0.381 e. The van der Waals surface area contributed by atoms with Crippen LogP contribution < -0.4 is 5.32 Å². The molecule has 0 aromatic heterocycles. The van der Waals surface area contributed by atoms with Crippen molar-refractivity contribution in [2.75, 3.05) is 18.9 Å². The standard InChI is InChI=1S/C20H23ClN2/c1-4-12-23(3)16(2)13-18-6-5-7-20(14-18)22-15-17-8-10-19(21)11-9-17/h1,5-11,14,16,22H,12-13,15H2,2-3H3/t16-/m1/s1. The molecule has 0 bridgehead atoms. The predicted molar refractivity (Wildman–Crippen MR) is 99.8 cm³/mol. The van der Waals surface area contributed by atoms with Crippen molar-refractivity contribution >= 4 is 17.3 Å². The van der Waals surface area contributed by atoms with Crippen LogP contribution in [0.2, 0.25) is 5.02 Å². The zero-order valence-corrected chi connectivity index (χ0v) is 14.5. The maximum absolute atomic E-state index is 5.91. The molecule has 3 heteroatoms. The first-order valence-electron chi connectivity index (χ1n) is 7.79. The molecule has 0 saturated heterocycles. The number of hydrogen-bond acceptors (Lipinski definition) is 2. The van der Waals surface area contributed by atoms with E-state index in [1.54, 1.807) is 0 Å². The second kappa shape index (κ2) is 8.62.